The minimum atomic E-state index is -0.296. The zero-order chi connectivity index (χ0) is 23.3. The van der Waals surface area contributed by atoms with E-state index in [1.54, 1.807) is 24.5 Å². The number of amides is 1. The molecule has 1 aliphatic rings. The molecule has 33 heavy (non-hydrogen) atoms. The molecule has 0 radical (unpaired) electrons. The van der Waals surface area contributed by atoms with Crippen molar-refractivity contribution in [2.75, 3.05) is 18.4 Å². The number of carbonyl (C=O) groups is 1. The second-order valence-electron chi connectivity index (χ2n) is 9.88. The van der Waals surface area contributed by atoms with Crippen LogP contribution in [0.4, 0.5) is 10.2 Å². The average molecular weight is 449 g/mol. The van der Waals surface area contributed by atoms with E-state index in [1.807, 2.05) is 22.7 Å². The molecule has 4 aromatic rings. The van der Waals surface area contributed by atoms with Gasteiger partial charge in [0.05, 0.1) is 11.9 Å². The molecule has 8 heteroatoms. The number of hydrogen-bond donors (Lipinski definition) is 1. The van der Waals surface area contributed by atoms with Gasteiger partial charge >= 0.3 is 0 Å². The number of aryl methyl sites for hydroxylation is 1. The fourth-order valence-corrected chi connectivity index (χ4v) is 4.73. The third-order valence-electron chi connectivity index (χ3n) is 6.34. The number of piperidine rings is 1. The second-order valence-corrected chi connectivity index (χ2v) is 9.88. The summed E-state index contributed by atoms with van der Waals surface area (Å²) in [5.41, 5.74) is 3.18. The number of rotatable bonds is 3. The van der Waals surface area contributed by atoms with Crippen LogP contribution >= 0.6 is 0 Å². The zero-order valence-corrected chi connectivity index (χ0v) is 19.5. The summed E-state index contributed by atoms with van der Waals surface area (Å²) < 4.78 is 17.5. The molecule has 3 aromatic heterocycles. The second kappa shape index (κ2) is 7.86. The number of likely N-dealkylation sites (tertiary alicyclic amines) is 1. The molecule has 0 saturated carbocycles. The quantitative estimate of drug-likeness (QED) is 0.498. The van der Waals surface area contributed by atoms with Crippen LogP contribution in [0.1, 0.15) is 55.7 Å². The van der Waals surface area contributed by atoms with Gasteiger partial charge in [0.15, 0.2) is 5.65 Å². The largest absolute Gasteiger partial charge is 0.365 e. The Morgan fingerprint density at radius 1 is 1.18 bits per heavy atom. The summed E-state index contributed by atoms with van der Waals surface area (Å²) in [5.74, 6) is 0.941. The van der Waals surface area contributed by atoms with Crippen molar-refractivity contribution in [3.63, 3.8) is 0 Å². The molecule has 7 nitrogen and oxygen atoms in total. The first-order valence-corrected chi connectivity index (χ1v) is 11.4. The van der Waals surface area contributed by atoms with Crippen LogP contribution in [0.25, 0.3) is 16.6 Å². The maximum Gasteiger partial charge on any atom is 0.270 e. The molecule has 0 atom stereocenters. The summed E-state index contributed by atoms with van der Waals surface area (Å²) in [7, 11) is 1.86. The lowest BCUT2D eigenvalue weighted by Crippen LogP contribution is -2.39. The minimum Gasteiger partial charge on any atom is -0.365 e. The highest BCUT2D eigenvalue weighted by Gasteiger charge is 2.30. The van der Waals surface area contributed by atoms with Crippen LogP contribution in [0, 0.1) is 5.82 Å². The Labute approximate surface area is 192 Å². The number of nitrogens with one attached hydrogen (secondary N) is 1. The van der Waals surface area contributed by atoms with E-state index < -0.39 is 0 Å². The van der Waals surface area contributed by atoms with E-state index in [2.05, 4.69) is 35.5 Å². The Bertz CT molecular complexity index is 1340. The van der Waals surface area contributed by atoms with E-state index in [0.717, 1.165) is 40.9 Å². The maximum absolute atomic E-state index is 13.6. The maximum atomic E-state index is 13.6. The predicted molar refractivity (Wildman–Crippen MR) is 127 cm³/mol. The Kier molecular flexibility index (Phi) is 5.11. The lowest BCUT2D eigenvalue weighted by atomic mass is 9.92. The van der Waals surface area contributed by atoms with Gasteiger partial charge in [-0.05, 0) is 57.9 Å². The number of aromatic nitrogens is 4. The van der Waals surface area contributed by atoms with E-state index in [-0.39, 0.29) is 23.2 Å². The summed E-state index contributed by atoms with van der Waals surface area (Å²) in [6.07, 6.45) is 7.14. The van der Waals surface area contributed by atoms with Crippen LogP contribution in [0.5, 0.6) is 0 Å². The van der Waals surface area contributed by atoms with Gasteiger partial charge in [-0.1, -0.05) is 0 Å². The molecule has 1 amide bonds. The molecule has 4 heterocycles. The van der Waals surface area contributed by atoms with Gasteiger partial charge in [0.1, 0.15) is 17.3 Å². The third kappa shape index (κ3) is 3.94. The molecule has 1 fully saturated rings. The Morgan fingerprint density at radius 3 is 2.67 bits per heavy atom. The van der Waals surface area contributed by atoms with Crippen molar-refractivity contribution in [1.82, 2.24) is 23.8 Å². The van der Waals surface area contributed by atoms with E-state index in [9.17, 15) is 9.18 Å². The fourth-order valence-electron chi connectivity index (χ4n) is 4.73. The topological polar surface area (TPSA) is 67.5 Å². The van der Waals surface area contributed by atoms with Gasteiger partial charge in [-0.15, -0.1) is 0 Å². The van der Waals surface area contributed by atoms with E-state index in [0.29, 0.717) is 18.8 Å². The van der Waals surface area contributed by atoms with Crippen LogP contribution in [0.2, 0.25) is 0 Å². The first-order chi connectivity index (χ1) is 15.7. The number of halogens is 1. The van der Waals surface area contributed by atoms with Crippen molar-refractivity contribution in [3.8, 4) is 0 Å². The zero-order valence-electron chi connectivity index (χ0n) is 19.5. The Balaban J connectivity index is 1.38. The van der Waals surface area contributed by atoms with Crippen molar-refractivity contribution < 1.29 is 9.18 Å². The standard InChI is InChI=1S/C25H29FN6O/c1-25(2,3)29-23-22(28-21-15-27-9-12-32(21)23)16-7-10-31(11-8-16)24(33)20-14-17-13-18(26)5-6-19(17)30(20)4/h5-6,9,12-16,29H,7-8,10-11H2,1-4H3. The predicted octanol–water partition coefficient (Wildman–Crippen LogP) is 4.59. The van der Waals surface area contributed by atoms with E-state index >= 15 is 0 Å². The summed E-state index contributed by atoms with van der Waals surface area (Å²) in [6.45, 7) is 7.71. The van der Waals surface area contributed by atoms with Gasteiger partial charge in [0, 0.05) is 54.9 Å². The monoisotopic (exact) mass is 448 g/mol. The van der Waals surface area contributed by atoms with Gasteiger partial charge < -0.3 is 14.8 Å². The van der Waals surface area contributed by atoms with Gasteiger partial charge in [-0.3, -0.25) is 14.2 Å². The van der Waals surface area contributed by atoms with Crippen LogP contribution < -0.4 is 5.32 Å². The Hall–Kier alpha value is -3.42. The number of fused-ring (bicyclic) bond motifs is 2. The van der Waals surface area contributed by atoms with E-state index in [4.69, 9.17) is 4.98 Å². The summed E-state index contributed by atoms with van der Waals surface area (Å²) in [5, 5.41) is 4.36. The summed E-state index contributed by atoms with van der Waals surface area (Å²) in [6, 6.07) is 6.40. The molecule has 1 aliphatic heterocycles. The fraction of sp³-hybridized carbons (Fsp3) is 0.400. The normalized spacial score (nSPS) is 15.5. The molecule has 1 saturated heterocycles. The van der Waals surface area contributed by atoms with Gasteiger partial charge in [-0.2, -0.15) is 0 Å². The average Bonchev–Trinajstić information content (AvgIpc) is 3.30. The highest BCUT2D eigenvalue weighted by molar-refractivity contribution is 5.98. The molecule has 0 bridgehead atoms. The number of anilines is 1. The molecular weight excluding hydrogens is 419 g/mol. The number of hydrogen-bond acceptors (Lipinski definition) is 4. The lowest BCUT2D eigenvalue weighted by molar-refractivity contribution is 0.0703. The van der Waals surface area contributed by atoms with Crippen LogP contribution in [0.3, 0.4) is 0 Å². The molecule has 0 spiro atoms. The molecular formula is C25H29FN6O. The van der Waals surface area contributed by atoms with Crippen molar-refractivity contribution in [1.29, 1.82) is 0 Å². The van der Waals surface area contributed by atoms with E-state index in [1.165, 1.54) is 12.1 Å². The number of benzene rings is 1. The van der Waals surface area contributed by atoms with Crippen LogP contribution in [0.15, 0.2) is 42.9 Å². The first kappa shape index (κ1) is 21.4. The molecule has 0 unspecified atom stereocenters. The lowest BCUT2D eigenvalue weighted by Gasteiger charge is -2.32. The first-order valence-electron chi connectivity index (χ1n) is 11.4. The van der Waals surface area contributed by atoms with Gasteiger partial charge in [-0.25, -0.2) is 9.37 Å². The van der Waals surface area contributed by atoms with Crippen LogP contribution in [-0.4, -0.2) is 48.4 Å². The number of imidazole rings is 1. The Morgan fingerprint density at radius 2 is 1.94 bits per heavy atom. The van der Waals surface area contributed by atoms with Crippen LogP contribution in [-0.2, 0) is 7.05 Å². The number of nitrogens with zero attached hydrogens (tertiary/aromatic N) is 5. The smallest absolute Gasteiger partial charge is 0.270 e. The molecule has 172 valence electrons. The SMILES string of the molecule is Cn1c(C(=O)N2CCC(c3nc4cnccn4c3NC(C)(C)C)CC2)cc2cc(F)ccc21. The van der Waals surface area contributed by atoms with Crippen molar-refractivity contribution >= 4 is 28.3 Å². The van der Waals surface area contributed by atoms with Crippen molar-refractivity contribution in [2.45, 2.75) is 45.1 Å². The van der Waals surface area contributed by atoms with Gasteiger partial charge in [0.25, 0.3) is 5.91 Å². The summed E-state index contributed by atoms with van der Waals surface area (Å²) in [4.78, 5) is 24.3. The van der Waals surface area contributed by atoms with Crippen molar-refractivity contribution in [2.24, 2.45) is 7.05 Å². The molecule has 0 aliphatic carbocycles. The third-order valence-corrected chi connectivity index (χ3v) is 6.34. The molecule has 1 aromatic carbocycles. The molecule has 1 N–H and O–H groups in total. The molecule has 5 rings (SSSR count). The summed E-state index contributed by atoms with van der Waals surface area (Å²) >= 11 is 0. The van der Waals surface area contributed by atoms with Gasteiger partial charge in [0.2, 0.25) is 0 Å². The highest BCUT2D eigenvalue weighted by Crippen LogP contribution is 2.35. The minimum absolute atomic E-state index is 0.0141. The number of carbonyl (C=O) groups excluding carboxylic acids is 1. The van der Waals surface area contributed by atoms with Crippen molar-refractivity contribution in [3.05, 3.63) is 60.1 Å². The highest BCUT2D eigenvalue weighted by atomic mass is 19.1.